The third kappa shape index (κ3) is 3.27. The Hall–Kier alpha value is -1.95. The molecule has 0 saturated heterocycles. The van der Waals surface area contributed by atoms with E-state index in [2.05, 4.69) is 41.5 Å². The van der Waals surface area contributed by atoms with Crippen LogP contribution in [-0.4, -0.2) is 28.5 Å². The fourth-order valence-corrected chi connectivity index (χ4v) is 3.39. The molecule has 2 heterocycles. The number of rotatable bonds is 4. The summed E-state index contributed by atoms with van der Waals surface area (Å²) in [5.74, 6) is 2.49. The molecule has 1 atom stereocenters. The number of fused-ring (bicyclic) bond motifs is 1. The Kier molecular flexibility index (Phi) is 4.38. The van der Waals surface area contributed by atoms with Crippen molar-refractivity contribution in [3.05, 3.63) is 41.6 Å². The first-order valence-electron chi connectivity index (χ1n) is 7.31. The minimum absolute atomic E-state index is 0.00473. The normalized spacial score (nSPS) is 17.8. The van der Waals surface area contributed by atoms with Gasteiger partial charge in [0.1, 0.15) is 11.6 Å². The van der Waals surface area contributed by atoms with E-state index in [1.165, 1.54) is 0 Å². The molecule has 1 amide bonds. The Morgan fingerprint density at radius 1 is 1.36 bits per heavy atom. The molecule has 1 aliphatic rings. The number of ether oxygens (including phenoxy) is 1. The van der Waals surface area contributed by atoms with Crippen LogP contribution in [0.1, 0.15) is 30.2 Å². The van der Waals surface area contributed by atoms with Crippen molar-refractivity contribution in [1.29, 1.82) is 0 Å². The van der Waals surface area contributed by atoms with E-state index in [1.807, 2.05) is 12.1 Å². The van der Waals surface area contributed by atoms with Crippen LogP contribution in [0, 0.1) is 5.92 Å². The van der Waals surface area contributed by atoms with E-state index in [0.717, 1.165) is 16.9 Å². The Bertz CT molecular complexity index is 652. The van der Waals surface area contributed by atoms with Gasteiger partial charge in [-0.2, -0.15) is 5.10 Å². The van der Waals surface area contributed by atoms with Gasteiger partial charge in [-0.1, -0.05) is 26.0 Å². The molecule has 1 aromatic carbocycles. The van der Waals surface area contributed by atoms with E-state index in [4.69, 9.17) is 4.74 Å². The summed E-state index contributed by atoms with van der Waals surface area (Å²) in [6.45, 7) is 4.96. The second-order valence-electron chi connectivity index (χ2n) is 5.71. The summed E-state index contributed by atoms with van der Waals surface area (Å²) in [5.41, 5.74) is 2.15. The van der Waals surface area contributed by atoms with Crippen molar-refractivity contribution in [3.8, 4) is 5.75 Å². The van der Waals surface area contributed by atoms with E-state index in [1.54, 1.807) is 18.0 Å². The number of amides is 1. The van der Waals surface area contributed by atoms with Crippen LogP contribution in [-0.2, 0) is 4.79 Å². The number of anilines is 1. The van der Waals surface area contributed by atoms with Crippen molar-refractivity contribution in [2.75, 3.05) is 17.7 Å². The molecule has 2 N–H and O–H groups in total. The molecule has 1 aliphatic heterocycles. The number of carbonyl (C=O) groups is 1. The number of H-pyrrole nitrogens is 1. The zero-order chi connectivity index (χ0) is 15.5. The standard InChI is InChI=1S/C16H19N3O2S/c1-10(2)8-21-12-5-3-11(4-6-12)15-13-7-17-19-16(13)18-14(20)9-22-15/h3-7,10,15H,8-9H2,1-2H3,(H2,17,18,19,20)/t15-/m1/s1. The van der Waals surface area contributed by atoms with Crippen LogP contribution in [0.25, 0.3) is 0 Å². The zero-order valence-electron chi connectivity index (χ0n) is 12.6. The van der Waals surface area contributed by atoms with Crippen molar-refractivity contribution in [1.82, 2.24) is 10.2 Å². The molecule has 0 unspecified atom stereocenters. The molecule has 5 nitrogen and oxygen atoms in total. The number of hydrogen-bond acceptors (Lipinski definition) is 4. The maximum Gasteiger partial charge on any atom is 0.235 e. The average molecular weight is 317 g/mol. The lowest BCUT2D eigenvalue weighted by Gasteiger charge is -2.15. The monoisotopic (exact) mass is 317 g/mol. The first kappa shape index (κ1) is 15.0. The van der Waals surface area contributed by atoms with Gasteiger partial charge in [-0.25, -0.2) is 0 Å². The summed E-state index contributed by atoms with van der Waals surface area (Å²) in [5, 5.41) is 9.83. The summed E-state index contributed by atoms with van der Waals surface area (Å²) in [7, 11) is 0. The van der Waals surface area contributed by atoms with E-state index in [-0.39, 0.29) is 11.2 Å². The molecule has 0 aliphatic carbocycles. The van der Waals surface area contributed by atoms with Gasteiger partial charge in [-0.05, 0) is 23.6 Å². The van der Waals surface area contributed by atoms with Crippen molar-refractivity contribution in [3.63, 3.8) is 0 Å². The second-order valence-corrected chi connectivity index (χ2v) is 6.81. The maximum absolute atomic E-state index is 11.7. The molecular weight excluding hydrogens is 298 g/mol. The minimum Gasteiger partial charge on any atom is -0.493 e. The molecule has 22 heavy (non-hydrogen) atoms. The first-order chi connectivity index (χ1) is 10.6. The lowest BCUT2D eigenvalue weighted by Crippen LogP contribution is -2.12. The van der Waals surface area contributed by atoms with Crippen LogP contribution in [0.4, 0.5) is 5.82 Å². The predicted octanol–water partition coefficient (Wildman–Crippen LogP) is 3.22. The highest BCUT2D eigenvalue weighted by atomic mass is 32.2. The lowest BCUT2D eigenvalue weighted by atomic mass is 10.1. The summed E-state index contributed by atoms with van der Waals surface area (Å²) in [4.78, 5) is 11.7. The van der Waals surface area contributed by atoms with Gasteiger partial charge in [-0.15, -0.1) is 11.8 Å². The average Bonchev–Trinajstić information content (AvgIpc) is 2.88. The minimum atomic E-state index is -0.00473. The van der Waals surface area contributed by atoms with Crippen molar-refractivity contribution >= 4 is 23.5 Å². The number of nitrogens with zero attached hydrogens (tertiary/aromatic N) is 1. The summed E-state index contributed by atoms with van der Waals surface area (Å²) in [6, 6.07) is 8.08. The molecule has 6 heteroatoms. The fourth-order valence-electron chi connectivity index (χ4n) is 2.30. The highest BCUT2D eigenvalue weighted by Crippen LogP contribution is 2.40. The maximum atomic E-state index is 11.7. The Balaban J connectivity index is 1.81. The molecular formula is C16H19N3O2S. The smallest absolute Gasteiger partial charge is 0.235 e. The zero-order valence-corrected chi connectivity index (χ0v) is 13.4. The highest BCUT2D eigenvalue weighted by molar-refractivity contribution is 8.00. The van der Waals surface area contributed by atoms with Crippen LogP contribution in [0.2, 0.25) is 0 Å². The molecule has 0 radical (unpaired) electrons. The van der Waals surface area contributed by atoms with E-state index in [0.29, 0.717) is 24.1 Å². The SMILES string of the molecule is CC(C)COc1ccc([C@H]2SCC(=O)Nc3[nH]ncc32)cc1. The van der Waals surface area contributed by atoms with Crippen LogP contribution >= 0.6 is 11.8 Å². The first-order valence-corrected chi connectivity index (χ1v) is 8.36. The number of hydrogen-bond donors (Lipinski definition) is 2. The topological polar surface area (TPSA) is 67.0 Å². The summed E-state index contributed by atoms with van der Waals surface area (Å²) in [6.07, 6.45) is 1.78. The van der Waals surface area contributed by atoms with Crippen molar-refractivity contribution in [2.24, 2.45) is 5.92 Å². The Morgan fingerprint density at radius 3 is 2.86 bits per heavy atom. The van der Waals surface area contributed by atoms with Crippen LogP contribution in [0.5, 0.6) is 5.75 Å². The van der Waals surface area contributed by atoms with Crippen molar-refractivity contribution in [2.45, 2.75) is 19.1 Å². The molecule has 0 saturated carbocycles. The number of nitrogens with one attached hydrogen (secondary N) is 2. The second kappa shape index (κ2) is 6.44. The van der Waals surface area contributed by atoms with Gasteiger partial charge in [0.25, 0.3) is 0 Å². The van der Waals surface area contributed by atoms with Crippen LogP contribution in [0.15, 0.2) is 30.5 Å². The van der Waals surface area contributed by atoms with Crippen molar-refractivity contribution < 1.29 is 9.53 Å². The number of aromatic nitrogens is 2. The van der Waals surface area contributed by atoms with E-state index in [9.17, 15) is 4.79 Å². The molecule has 0 fully saturated rings. The van der Waals surface area contributed by atoms with Gasteiger partial charge in [0.15, 0.2) is 0 Å². The summed E-state index contributed by atoms with van der Waals surface area (Å²) < 4.78 is 5.71. The fraction of sp³-hybridized carbons (Fsp3) is 0.375. The molecule has 3 rings (SSSR count). The number of carbonyl (C=O) groups excluding carboxylic acids is 1. The highest BCUT2D eigenvalue weighted by Gasteiger charge is 2.25. The quantitative estimate of drug-likeness (QED) is 0.908. The van der Waals surface area contributed by atoms with E-state index < -0.39 is 0 Å². The molecule has 2 aromatic rings. The Labute approximate surface area is 133 Å². The van der Waals surface area contributed by atoms with Gasteiger partial charge in [0.2, 0.25) is 5.91 Å². The van der Waals surface area contributed by atoms with Gasteiger partial charge < -0.3 is 10.1 Å². The van der Waals surface area contributed by atoms with Gasteiger partial charge in [0, 0.05) is 5.56 Å². The largest absolute Gasteiger partial charge is 0.493 e. The van der Waals surface area contributed by atoms with Gasteiger partial charge in [-0.3, -0.25) is 9.89 Å². The lowest BCUT2D eigenvalue weighted by molar-refractivity contribution is -0.113. The third-order valence-corrected chi connectivity index (χ3v) is 4.65. The Morgan fingerprint density at radius 2 is 2.14 bits per heavy atom. The molecule has 0 bridgehead atoms. The number of benzene rings is 1. The molecule has 0 spiro atoms. The predicted molar refractivity (Wildman–Crippen MR) is 88.3 cm³/mol. The third-order valence-electron chi connectivity index (χ3n) is 3.36. The van der Waals surface area contributed by atoms with Gasteiger partial charge >= 0.3 is 0 Å². The number of thioether (sulfide) groups is 1. The van der Waals surface area contributed by atoms with Crippen LogP contribution < -0.4 is 10.1 Å². The summed E-state index contributed by atoms with van der Waals surface area (Å²) >= 11 is 1.60. The van der Waals surface area contributed by atoms with Crippen LogP contribution in [0.3, 0.4) is 0 Å². The molecule has 1 aromatic heterocycles. The number of aromatic amines is 1. The van der Waals surface area contributed by atoms with E-state index >= 15 is 0 Å². The van der Waals surface area contributed by atoms with Gasteiger partial charge in [0.05, 0.1) is 23.8 Å². The molecule has 116 valence electrons.